The average Bonchev–Trinajstić information content (AvgIpc) is 4.04. The lowest BCUT2D eigenvalue weighted by molar-refractivity contribution is 0.864. The monoisotopic (exact) mass is 886 g/mol. The summed E-state index contributed by atoms with van der Waals surface area (Å²) in [7, 11) is 0. The van der Waals surface area contributed by atoms with Crippen molar-refractivity contribution in [3.8, 4) is 55.6 Å². The Bertz CT molecular complexity index is 4610. The number of fused-ring (bicyclic) bond motifs is 13. The van der Waals surface area contributed by atoms with E-state index in [1.807, 2.05) is 0 Å². The van der Waals surface area contributed by atoms with Crippen molar-refractivity contribution in [1.29, 1.82) is 0 Å². The molecule has 70 heavy (non-hydrogen) atoms. The SMILES string of the molecule is CC(C)c1c2c(c(C(C)C)c3ccccc13)-c1ccc3c4ccc5c6c(ccc(c7ccc-2c1c73)c46)c1c(-c2cccc(-c3ccccc3)c2)c2cccc3c4ccc(-c6ccccc6)cc4c(c23)c51. The van der Waals surface area contributed by atoms with Crippen LogP contribution in [0.1, 0.15) is 50.7 Å². The maximum absolute atomic E-state index is 2.49. The molecule has 0 spiro atoms. The molecule has 0 saturated carbocycles. The molecule has 15 aromatic carbocycles. The van der Waals surface area contributed by atoms with Gasteiger partial charge in [-0.1, -0.05) is 210 Å². The van der Waals surface area contributed by atoms with E-state index in [9.17, 15) is 0 Å². The quantitative estimate of drug-likeness (QED) is 0.119. The molecular weight excluding hydrogens is 841 g/mol. The van der Waals surface area contributed by atoms with E-state index in [-0.39, 0.29) is 0 Å². The first kappa shape index (κ1) is 38.6. The number of hydrogen-bond donors (Lipinski definition) is 0. The van der Waals surface area contributed by atoms with E-state index in [4.69, 9.17) is 0 Å². The van der Waals surface area contributed by atoms with Gasteiger partial charge in [-0.05, 0) is 198 Å². The van der Waals surface area contributed by atoms with Crippen LogP contribution < -0.4 is 0 Å². The van der Waals surface area contributed by atoms with Crippen molar-refractivity contribution < 1.29 is 0 Å². The van der Waals surface area contributed by atoms with Crippen LogP contribution in [-0.2, 0) is 0 Å². The van der Waals surface area contributed by atoms with Crippen molar-refractivity contribution in [2.75, 3.05) is 0 Å². The van der Waals surface area contributed by atoms with Gasteiger partial charge in [0.2, 0.25) is 0 Å². The predicted molar refractivity (Wildman–Crippen MR) is 304 cm³/mol. The van der Waals surface area contributed by atoms with Gasteiger partial charge in [0.15, 0.2) is 0 Å². The molecule has 0 aliphatic heterocycles. The summed E-state index contributed by atoms with van der Waals surface area (Å²) in [5.74, 6) is 0.754. The maximum atomic E-state index is 2.49. The molecular formula is C70H46. The summed E-state index contributed by atoms with van der Waals surface area (Å²) in [5.41, 5.74) is 16.2. The molecule has 0 atom stereocenters. The maximum Gasteiger partial charge on any atom is -0.000696 e. The fraction of sp³-hybridized carbons (Fsp3) is 0.0857. The Hall–Kier alpha value is -8.32. The van der Waals surface area contributed by atoms with Crippen molar-refractivity contribution in [2.45, 2.75) is 39.5 Å². The van der Waals surface area contributed by atoms with Gasteiger partial charge >= 0.3 is 0 Å². The Labute approximate surface area is 406 Å². The number of rotatable bonds is 5. The Morgan fingerprint density at radius 1 is 0.214 bits per heavy atom. The Kier molecular flexibility index (Phi) is 7.55. The molecule has 0 fully saturated rings. The molecule has 0 aromatic heterocycles. The zero-order valence-electron chi connectivity index (χ0n) is 39.6. The van der Waals surface area contributed by atoms with E-state index in [1.165, 1.54) is 174 Å². The molecule has 0 amide bonds. The van der Waals surface area contributed by atoms with Crippen LogP contribution in [0.5, 0.6) is 0 Å². The highest BCUT2D eigenvalue weighted by atomic mass is 14.4. The van der Waals surface area contributed by atoms with Gasteiger partial charge in [-0.3, -0.25) is 0 Å². The van der Waals surface area contributed by atoms with Crippen LogP contribution in [0.2, 0.25) is 0 Å². The smallest absolute Gasteiger partial charge is 0.000696 e. The van der Waals surface area contributed by atoms with Crippen LogP contribution >= 0.6 is 0 Å². The second-order valence-corrected chi connectivity index (χ2v) is 20.9. The third-order valence-electron chi connectivity index (χ3n) is 16.7. The molecule has 0 bridgehead atoms. The molecule has 0 radical (unpaired) electrons. The zero-order valence-corrected chi connectivity index (χ0v) is 39.6. The second-order valence-electron chi connectivity index (χ2n) is 20.9. The van der Waals surface area contributed by atoms with Crippen molar-refractivity contribution in [2.24, 2.45) is 0 Å². The van der Waals surface area contributed by atoms with Crippen LogP contribution in [0, 0.1) is 0 Å². The molecule has 16 rings (SSSR count). The minimum atomic E-state index is 0.377. The summed E-state index contributed by atoms with van der Waals surface area (Å²) in [6.45, 7) is 9.53. The molecule has 0 unspecified atom stereocenters. The standard InChI is InChI=1S/C70H46/c1-37(2)58-46-21-11-12-22-47(46)59(38(3)4)67-54-32-28-49-51-30-34-56-65-55(33-29-50(62(51)65)48-27-31-53(66(58)67)64(54)61(48)49)68-60(43-20-13-19-41(35-43)39-15-7-5-8-16-39)52-24-14-23-45-44-26-25-42(40-17-9-6-10-18-40)36-57(44)70(63(45)52)69(56)68/h5-38H,1-4H3. The van der Waals surface area contributed by atoms with Crippen LogP contribution in [0.4, 0.5) is 0 Å². The summed E-state index contributed by atoms with van der Waals surface area (Å²) in [5, 5.41) is 27.2. The lowest BCUT2D eigenvalue weighted by atomic mass is 9.80. The van der Waals surface area contributed by atoms with Crippen LogP contribution in [0.15, 0.2) is 194 Å². The van der Waals surface area contributed by atoms with E-state index in [0.29, 0.717) is 11.8 Å². The van der Waals surface area contributed by atoms with Gasteiger partial charge in [-0.2, -0.15) is 0 Å². The highest BCUT2D eigenvalue weighted by Crippen LogP contribution is 2.60. The first-order valence-electron chi connectivity index (χ1n) is 25.2. The fourth-order valence-corrected chi connectivity index (χ4v) is 14.1. The lowest BCUT2D eigenvalue weighted by Gasteiger charge is -2.23. The Morgan fingerprint density at radius 3 is 1.23 bits per heavy atom. The third kappa shape index (κ3) is 4.76. The van der Waals surface area contributed by atoms with Gasteiger partial charge in [-0.25, -0.2) is 0 Å². The minimum absolute atomic E-state index is 0.377. The molecule has 326 valence electrons. The van der Waals surface area contributed by atoms with Crippen molar-refractivity contribution in [3.63, 3.8) is 0 Å². The van der Waals surface area contributed by atoms with E-state index in [1.54, 1.807) is 0 Å². The van der Waals surface area contributed by atoms with Crippen molar-refractivity contribution in [3.05, 3.63) is 205 Å². The molecule has 0 N–H and O–H groups in total. The molecule has 0 saturated heterocycles. The zero-order chi connectivity index (χ0) is 46.3. The van der Waals surface area contributed by atoms with Crippen molar-refractivity contribution in [1.82, 2.24) is 0 Å². The molecule has 0 heteroatoms. The summed E-state index contributed by atoms with van der Waals surface area (Å²) in [6.07, 6.45) is 0. The summed E-state index contributed by atoms with van der Waals surface area (Å²) in [4.78, 5) is 0. The highest BCUT2D eigenvalue weighted by molar-refractivity contribution is 6.51. The molecule has 1 aliphatic rings. The molecule has 0 heterocycles. The van der Waals surface area contributed by atoms with Gasteiger partial charge < -0.3 is 0 Å². The topological polar surface area (TPSA) is 0 Å². The van der Waals surface area contributed by atoms with Crippen LogP contribution in [-0.4, -0.2) is 0 Å². The van der Waals surface area contributed by atoms with Gasteiger partial charge in [0, 0.05) is 0 Å². The largest absolute Gasteiger partial charge is 0.0622 e. The highest BCUT2D eigenvalue weighted by Gasteiger charge is 2.33. The first-order valence-corrected chi connectivity index (χ1v) is 25.2. The van der Waals surface area contributed by atoms with Gasteiger partial charge in [0.25, 0.3) is 0 Å². The normalized spacial score (nSPS) is 12.8. The Balaban J connectivity index is 1.07. The second kappa shape index (κ2) is 13.7. The molecule has 15 aromatic rings. The van der Waals surface area contributed by atoms with E-state index >= 15 is 0 Å². The van der Waals surface area contributed by atoms with E-state index in [0.717, 1.165) is 0 Å². The fourth-order valence-electron chi connectivity index (χ4n) is 14.1. The van der Waals surface area contributed by atoms with E-state index in [2.05, 4.69) is 222 Å². The molecule has 0 nitrogen and oxygen atoms in total. The summed E-state index contributed by atoms with van der Waals surface area (Å²) >= 11 is 0. The molecule has 1 aliphatic carbocycles. The Morgan fingerprint density at radius 2 is 0.614 bits per heavy atom. The number of hydrogen-bond acceptors (Lipinski definition) is 0. The van der Waals surface area contributed by atoms with E-state index < -0.39 is 0 Å². The average molecular weight is 887 g/mol. The number of benzene rings is 13. The van der Waals surface area contributed by atoms with Crippen molar-refractivity contribution >= 4 is 108 Å². The minimum Gasteiger partial charge on any atom is -0.0622 e. The van der Waals surface area contributed by atoms with Crippen LogP contribution in [0.25, 0.3) is 163 Å². The third-order valence-corrected chi connectivity index (χ3v) is 16.7. The van der Waals surface area contributed by atoms with Crippen LogP contribution in [0.3, 0.4) is 0 Å². The first-order chi connectivity index (χ1) is 34.4. The van der Waals surface area contributed by atoms with Gasteiger partial charge in [0.1, 0.15) is 0 Å². The lowest BCUT2D eigenvalue weighted by Crippen LogP contribution is -2.01. The summed E-state index contributed by atoms with van der Waals surface area (Å²) in [6, 6.07) is 74.3. The van der Waals surface area contributed by atoms with Gasteiger partial charge in [0.05, 0.1) is 0 Å². The van der Waals surface area contributed by atoms with Gasteiger partial charge in [-0.15, -0.1) is 0 Å². The predicted octanol–water partition coefficient (Wildman–Crippen LogP) is 20.4. The summed E-state index contributed by atoms with van der Waals surface area (Å²) < 4.78 is 0.